The van der Waals surface area contributed by atoms with E-state index >= 15 is 0 Å². The molecule has 52 heavy (non-hydrogen) atoms. The molecule has 0 saturated carbocycles. The van der Waals surface area contributed by atoms with Gasteiger partial charge in [0.25, 0.3) is 11.1 Å². The van der Waals surface area contributed by atoms with E-state index in [0.29, 0.717) is 9.13 Å². The number of rotatable bonds is 15. The second-order valence-corrected chi connectivity index (χ2v) is 16.7. The van der Waals surface area contributed by atoms with Crippen LogP contribution in [0.15, 0.2) is 42.8 Å². The maximum absolute atomic E-state index is 12.4. The number of nitrogens with one attached hydrogen (secondary N) is 2. The molecule has 2 aromatic rings. The van der Waals surface area contributed by atoms with Gasteiger partial charge in [0.15, 0.2) is 12.5 Å². The molecule has 4 heterocycles. The Morgan fingerprint density at radius 2 is 1.29 bits per heavy atom. The highest BCUT2D eigenvalue weighted by Crippen LogP contribution is 2.71. The minimum atomic E-state index is -6.28. The van der Waals surface area contributed by atoms with E-state index in [1.165, 1.54) is 6.92 Å². The molecule has 4 unspecified atom stereocenters. The minimum absolute atomic E-state index is 0.0190. The molecule has 0 bridgehead atoms. The zero-order valence-electron chi connectivity index (χ0n) is 25.5. The van der Waals surface area contributed by atoms with Crippen LogP contribution in [0.2, 0.25) is 0 Å². The number of aliphatic hydroxyl groups excluding tert-OH is 3. The van der Waals surface area contributed by atoms with Gasteiger partial charge in [-0.3, -0.25) is 37.7 Å². The molecular formula is C19H27N7O22P4. The van der Waals surface area contributed by atoms with E-state index in [4.69, 9.17) is 15.0 Å². The van der Waals surface area contributed by atoms with E-state index in [1.807, 2.05) is 9.97 Å². The predicted octanol–water partition coefficient (Wildman–Crippen LogP) is -2.56. The van der Waals surface area contributed by atoms with Gasteiger partial charge in [0.05, 0.1) is 25.4 Å². The number of azide groups is 1. The van der Waals surface area contributed by atoms with Gasteiger partial charge in [0, 0.05) is 28.9 Å². The topological polar surface area (TPSA) is 433 Å². The third-order valence-electron chi connectivity index (χ3n) is 6.83. The van der Waals surface area contributed by atoms with Crippen molar-refractivity contribution in [3.63, 3.8) is 0 Å². The van der Waals surface area contributed by atoms with Crippen molar-refractivity contribution in [3.05, 3.63) is 76.1 Å². The lowest BCUT2D eigenvalue weighted by molar-refractivity contribution is -0.0542. The van der Waals surface area contributed by atoms with Crippen LogP contribution >= 0.6 is 31.3 Å². The summed E-state index contributed by atoms with van der Waals surface area (Å²) in [7, 11) is -24.3. The van der Waals surface area contributed by atoms with Gasteiger partial charge >= 0.3 is 42.7 Å². The number of hydrogen-bond acceptors (Lipinski definition) is 19. The van der Waals surface area contributed by atoms with Crippen molar-refractivity contribution in [3.8, 4) is 0 Å². The van der Waals surface area contributed by atoms with Crippen LogP contribution in [0.1, 0.15) is 18.0 Å². The number of nitrogens with zero attached hydrogens (tertiary/aromatic N) is 5. The number of aryl methyl sites for hydroxylation is 1. The van der Waals surface area contributed by atoms with Crippen LogP contribution in [0.3, 0.4) is 0 Å². The molecule has 9 N–H and O–H groups in total. The van der Waals surface area contributed by atoms with E-state index in [-0.39, 0.29) is 5.56 Å². The Hall–Kier alpha value is -2.97. The first kappa shape index (κ1) is 41.8. The van der Waals surface area contributed by atoms with Gasteiger partial charge in [-0.05, 0) is 12.5 Å². The van der Waals surface area contributed by atoms with Crippen molar-refractivity contribution in [1.29, 1.82) is 0 Å². The van der Waals surface area contributed by atoms with Crippen LogP contribution in [0.5, 0.6) is 0 Å². The number of phosphoric ester groups is 2. The summed E-state index contributed by atoms with van der Waals surface area (Å²) in [6, 6.07) is -0.796. The zero-order chi connectivity index (χ0) is 39.0. The molecule has 0 aromatic carbocycles. The second kappa shape index (κ2) is 15.8. The predicted molar refractivity (Wildman–Crippen MR) is 161 cm³/mol. The molecular weight excluding hydrogens is 802 g/mol. The summed E-state index contributed by atoms with van der Waals surface area (Å²) in [6.45, 7) is -1.14. The number of hydrogen-bond donors (Lipinski definition) is 9. The smallest absolute Gasteiger partial charge is 0.388 e. The van der Waals surface area contributed by atoms with Crippen molar-refractivity contribution in [2.45, 2.75) is 55.9 Å². The molecule has 2 saturated heterocycles. The highest BCUT2D eigenvalue weighted by atomic mass is 31.3. The summed E-state index contributed by atoms with van der Waals surface area (Å²) >= 11 is 0. The zero-order valence-corrected chi connectivity index (χ0v) is 29.1. The number of H-pyrrole nitrogens is 2. The van der Waals surface area contributed by atoms with Gasteiger partial charge in [-0.25, -0.2) is 27.8 Å². The first-order valence-corrected chi connectivity index (χ1v) is 19.7. The van der Waals surface area contributed by atoms with E-state index in [2.05, 4.69) is 32.0 Å². The van der Waals surface area contributed by atoms with E-state index in [0.717, 1.165) is 18.5 Å². The molecule has 0 radical (unpaired) electrons. The monoisotopic (exact) mass is 829 g/mol. The van der Waals surface area contributed by atoms with Gasteiger partial charge < -0.3 is 44.4 Å². The molecule has 0 amide bonds. The average molecular weight is 829 g/mol. The van der Waals surface area contributed by atoms with Crippen LogP contribution in [-0.2, 0) is 49.7 Å². The number of aromatic amines is 2. The van der Waals surface area contributed by atoms with Crippen molar-refractivity contribution >= 4 is 31.3 Å². The molecule has 12 atom stereocenters. The molecule has 2 fully saturated rings. The van der Waals surface area contributed by atoms with Crippen LogP contribution in [0.25, 0.3) is 10.4 Å². The largest absolute Gasteiger partial charge is 0.490 e. The maximum atomic E-state index is 12.4. The standard InChI is InChI=1S/C19H27N7O22P4/c1-7-4-26(19(33)22-15(7)31)16-13(29)11(23-24-20)8(44-16)5-42-49(34,35)46-51(38,39)48-52(40,41)47-50(36,37)43-6-9-12(28)14(30)17(45-9)25-3-2-10(27)21-18(25)32/h2-4,8-9,11-14,16-17,28-30H,5-6H2,1H3,(H,34,35)(H,36,37)(H,38,39)(H,40,41)(H,21,27,32)(H,22,31,33)/t8-,9-,11-,12-,13-,14-,16+,17+/m1/s1. The fourth-order valence-electron chi connectivity index (χ4n) is 4.60. The molecule has 0 spiro atoms. The summed E-state index contributed by atoms with van der Waals surface area (Å²) in [5.41, 5.74) is 5.09. The molecule has 29 nitrogen and oxygen atoms in total. The Labute approximate surface area is 285 Å². The van der Waals surface area contributed by atoms with Crippen LogP contribution in [-0.4, -0.2) is 104 Å². The SMILES string of the molecule is Cc1cn([C@H]2O[C@H](COP(=O)(O)OP(=O)(O)OP(=O)(O)OP(=O)(O)OC[C@H]3O[C@H](n4ccc(=O)[nH]c4=O)[C@H](O)[C@@H]3O)[C@@H](N=[N+]=[N-])[C@H]2O)c(=O)[nH]c1=O. The van der Waals surface area contributed by atoms with Crippen molar-refractivity contribution < 1.29 is 84.6 Å². The average Bonchev–Trinajstić information content (AvgIpc) is 3.45. The lowest BCUT2D eigenvalue weighted by Gasteiger charge is -2.21. The van der Waals surface area contributed by atoms with Crippen molar-refractivity contribution in [2.75, 3.05) is 13.2 Å². The van der Waals surface area contributed by atoms with E-state index in [1.54, 1.807) is 0 Å². The van der Waals surface area contributed by atoms with Gasteiger partial charge in [-0.2, -0.15) is 12.9 Å². The summed E-state index contributed by atoms with van der Waals surface area (Å²) in [5.74, 6) is 0. The van der Waals surface area contributed by atoms with Crippen LogP contribution in [0.4, 0.5) is 0 Å². The normalized spacial score (nSPS) is 30.8. The molecule has 4 rings (SSSR count). The summed E-state index contributed by atoms with van der Waals surface area (Å²) in [5, 5.41) is 34.2. The van der Waals surface area contributed by atoms with Crippen molar-refractivity contribution in [2.24, 2.45) is 5.11 Å². The quantitative estimate of drug-likeness (QED) is 0.0386. The highest BCUT2D eigenvalue weighted by molar-refractivity contribution is 7.69. The first-order valence-electron chi connectivity index (χ1n) is 13.7. The molecule has 2 aliphatic rings. The third-order valence-corrected chi connectivity index (χ3v) is 12.7. The summed E-state index contributed by atoms with van der Waals surface area (Å²) in [4.78, 5) is 92.8. The first-order chi connectivity index (χ1) is 23.9. The van der Waals surface area contributed by atoms with Crippen LogP contribution < -0.4 is 22.5 Å². The minimum Gasteiger partial charge on any atom is -0.388 e. The summed E-state index contributed by atoms with van der Waals surface area (Å²) < 4.78 is 81.4. The van der Waals surface area contributed by atoms with E-state index < -0.39 is 116 Å². The molecule has 33 heteroatoms. The number of ether oxygens (including phenoxy) is 2. The third kappa shape index (κ3) is 10.2. The second-order valence-electron chi connectivity index (χ2n) is 10.5. The Kier molecular flexibility index (Phi) is 12.7. The van der Waals surface area contributed by atoms with Gasteiger partial charge in [0.2, 0.25) is 0 Å². The van der Waals surface area contributed by atoms with Gasteiger partial charge in [0.1, 0.15) is 24.4 Å². The lowest BCUT2D eigenvalue weighted by atomic mass is 10.1. The van der Waals surface area contributed by atoms with E-state index in [9.17, 15) is 72.3 Å². The molecule has 290 valence electrons. The fraction of sp³-hybridized carbons (Fsp3) is 0.579. The lowest BCUT2D eigenvalue weighted by Crippen LogP contribution is -2.38. The van der Waals surface area contributed by atoms with Gasteiger partial charge in [-0.1, -0.05) is 5.11 Å². The molecule has 2 aromatic heterocycles. The Morgan fingerprint density at radius 3 is 1.85 bits per heavy atom. The Bertz CT molecular complexity index is 2150. The highest BCUT2D eigenvalue weighted by Gasteiger charge is 2.50. The van der Waals surface area contributed by atoms with Crippen molar-refractivity contribution in [1.82, 2.24) is 19.1 Å². The molecule has 2 aliphatic heterocycles. The Morgan fingerprint density at radius 1 is 0.788 bits per heavy atom. The number of aromatic nitrogens is 4. The fourth-order valence-corrected chi connectivity index (χ4v) is 9.55. The Balaban J connectivity index is 1.35. The maximum Gasteiger partial charge on any atom is 0.490 e. The number of aliphatic hydroxyl groups is 3. The molecule has 0 aliphatic carbocycles. The van der Waals surface area contributed by atoms with Gasteiger partial charge in [-0.15, -0.1) is 0 Å². The summed E-state index contributed by atoms with van der Waals surface area (Å²) in [6.07, 6.45) is -10.6. The number of phosphoric acid groups is 4. The van der Waals surface area contributed by atoms with Crippen LogP contribution in [0, 0.1) is 6.92 Å².